The Morgan fingerprint density at radius 1 is 0.681 bits per heavy atom. The Kier molecular flexibility index (Phi) is 11.1. The molecule has 0 aliphatic heterocycles. The summed E-state index contributed by atoms with van der Waals surface area (Å²) in [6, 6.07) is 42.7. The Morgan fingerprint density at radius 2 is 1.23 bits per heavy atom. The third kappa shape index (κ3) is 9.86. The molecule has 5 rings (SSSR count). The number of urea groups is 1. The first-order valence-electron chi connectivity index (χ1n) is 15.5. The number of carbonyl (C=O) groups excluding carboxylic acids is 1. The number of hydrogen-bond acceptors (Lipinski definition) is 5. The van der Waals surface area contributed by atoms with Crippen molar-refractivity contribution in [1.82, 2.24) is 4.90 Å². The fourth-order valence-electron chi connectivity index (χ4n) is 4.93. The number of rotatable bonds is 15. The van der Waals surface area contributed by atoms with Gasteiger partial charge in [0.25, 0.3) is 0 Å². The van der Waals surface area contributed by atoms with E-state index in [1.54, 1.807) is 36.1 Å². The van der Waals surface area contributed by atoms with Crippen LogP contribution in [0.25, 0.3) is 0 Å². The molecule has 0 aliphatic carbocycles. The molecule has 8 nitrogen and oxygen atoms in total. The number of anilines is 1. The number of carboxylic acid groups (broad SMARTS) is 1. The van der Waals surface area contributed by atoms with Crippen LogP contribution in [0.2, 0.25) is 0 Å². The molecule has 5 aromatic carbocycles. The first kappa shape index (κ1) is 32.6. The van der Waals surface area contributed by atoms with Crippen LogP contribution in [-0.4, -0.2) is 40.8 Å². The molecule has 0 bridgehead atoms. The normalized spacial score (nSPS) is 11.9. The summed E-state index contributed by atoms with van der Waals surface area (Å²) in [5.74, 6) is 1.54. The van der Waals surface area contributed by atoms with Crippen molar-refractivity contribution in [2.45, 2.75) is 31.9 Å². The average Bonchev–Trinajstić information content (AvgIpc) is 3.09. The van der Waals surface area contributed by atoms with Gasteiger partial charge in [0.15, 0.2) is 0 Å². The number of carboxylic acids is 1. The fraction of sp³-hybridized carbons (Fsp3) is 0.179. The number of ether oxygens (including phenoxy) is 3. The van der Waals surface area contributed by atoms with Crippen LogP contribution in [0.15, 0.2) is 140 Å². The predicted molar refractivity (Wildman–Crippen MR) is 182 cm³/mol. The molecule has 0 aromatic heterocycles. The van der Waals surface area contributed by atoms with E-state index in [0.717, 1.165) is 16.9 Å². The van der Waals surface area contributed by atoms with Crippen LogP contribution in [0.3, 0.4) is 0 Å². The summed E-state index contributed by atoms with van der Waals surface area (Å²) in [7, 11) is 0. The minimum absolute atomic E-state index is 0.184. The molecule has 0 aliphatic rings. The summed E-state index contributed by atoms with van der Waals surface area (Å²) in [6.45, 7) is 2.89. The second-order valence-corrected chi connectivity index (χ2v) is 11.3. The van der Waals surface area contributed by atoms with Gasteiger partial charge < -0.3 is 29.5 Å². The molecule has 8 heteroatoms. The Morgan fingerprint density at radius 3 is 1.85 bits per heavy atom. The third-order valence-corrected chi connectivity index (χ3v) is 7.43. The molecule has 0 heterocycles. The van der Waals surface area contributed by atoms with Gasteiger partial charge in [-0.2, -0.15) is 0 Å². The SMILES string of the molecule is CC(Cc1ccc(OCCCN(Cc2ccccc2)C(=O)Nc2ccc(Oc3ccccc3)cc2)cc1)(Oc1ccccc1)C(=O)O. The van der Waals surface area contributed by atoms with E-state index in [1.165, 1.54) is 0 Å². The molecule has 240 valence electrons. The number of nitrogens with one attached hydrogen (secondary N) is 1. The molecular weight excluding hydrogens is 592 g/mol. The van der Waals surface area contributed by atoms with Gasteiger partial charge in [-0.05, 0) is 85.1 Å². The highest BCUT2D eigenvalue weighted by atomic mass is 16.5. The topological polar surface area (TPSA) is 97.3 Å². The molecular formula is C39H38N2O6. The van der Waals surface area contributed by atoms with Gasteiger partial charge in [0.1, 0.15) is 23.0 Å². The lowest BCUT2D eigenvalue weighted by molar-refractivity contribution is -0.153. The standard InChI is InChI=1S/C39H38N2O6/c1-39(37(42)43,47-36-16-9-4-10-17-36)28-30-18-22-33(23-19-30)45-27-11-26-41(29-31-12-5-2-6-13-31)38(44)40-32-20-24-35(25-21-32)46-34-14-7-3-8-15-34/h2-10,12-25H,11,26-29H2,1H3,(H,40,44)(H,42,43). The van der Waals surface area contributed by atoms with Crippen LogP contribution in [0, 0.1) is 0 Å². The van der Waals surface area contributed by atoms with E-state index in [9.17, 15) is 14.7 Å². The zero-order chi connectivity index (χ0) is 32.9. The van der Waals surface area contributed by atoms with Crippen molar-refractivity contribution in [1.29, 1.82) is 0 Å². The lowest BCUT2D eigenvalue weighted by Crippen LogP contribution is -2.43. The molecule has 5 aromatic rings. The number of aliphatic carboxylic acids is 1. The summed E-state index contributed by atoms with van der Waals surface area (Å²) in [5.41, 5.74) is 1.07. The number of carbonyl (C=O) groups is 2. The van der Waals surface area contributed by atoms with Gasteiger partial charge in [-0.15, -0.1) is 0 Å². The molecule has 0 spiro atoms. The van der Waals surface area contributed by atoms with Crippen molar-refractivity contribution in [2.24, 2.45) is 0 Å². The second kappa shape index (κ2) is 16.0. The van der Waals surface area contributed by atoms with E-state index in [-0.39, 0.29) is 12.5 Å². The summed E-state index contributed by atoms with van der Waals surface area (Å²) in [5, 5.41) is 12.9. The Labute approximate surface area is 275 Å². The molecule has 2 amide bonds. The van der Waals surface area contributed by atoms with Gasteiger partial charge in [-0.25, -0.2) is 9.59 Å². The molecule has 0 fully saturated rings. The van der Waals surface area contributed by atoms with Gasteiger partial charge in [-0.1, -0.05) is 78.9 Å². The smallest absolute Gasteiger partial charge is 0.348 e. The Bertz CT molecular complexity index is 1700. The second-order valence-electron chi connectivity index (χ2n) is 11.3. The van der Waals surface area contributed by atoms with Crippen LogP contribution in [0.1, 0.15) is 24.5 Å². The molecule has 1 atom stereocenters. The maximum Gasteiger partial charge on any atom is 0.348 e. The zero-order valence-electron chi connectivity index (χ0n) is 26.3. The zero-order valence-corrected chi connectivity index (χ0v) is 26.3. The van der Waals surface area contributed by atoms with Gasteiger partial charge in [0.2, 0.25) is 5.60 Å². The monoisotopic (exact) mass is 630 g/mol. The quantitative estimate of drug-likeness (QED) is 0.113. The van der Waals surface area contributed by atoms with E-state index in [0.29, 0.717) is 49.1 Å². The number of nitrogens with zero attached hydrogens (tertiary/aromatic N) is 1. The highest BCUT2D eigenvalue weighted by Gasteiger charge is 2.36. The largest absolute Gasteiger partial charge is 0.494 e. The first-order valence-corrected chi connectivity index (χ1v) is 15.5. The maximum atomic E-state index is 13.4. The lowest BCUT2D eigenvalue weighted by atomic mass is 9.96. The molecule has 0 radical (unpaired) electrons. The minimum atomic E-state index is -1.43. The average molecular weight is 631 g/mol. The van der Waals surface area contributed by atoms with Crippen molar-refractivity contribution in [3.63, 3.8) is 0 Å². The highest BCUT2D eigenvalue weighted by molar-refractivity contribution is 5.89. The summed E-state index contributed by atoms with van der Waals surface area (Å²) < 4.78 is 17.7. The molecule has 0 saturated heterocycles. The van der Waals surface area contributed by atoms with Crippen LogP contribution < -0.4 is 19.5 Å². The summed E-state index contributed by atoms with van der Waals surface area (Å²) >= 11 is 0. The van der Waals surface area contributed by atoms with Crippen molar-refractivity contribution < 1.29 is 28.9 Å². The summed E-state index contributed by atoms with van der Waals surface area (Å²) in [4.78, 5) is 27.2. The number of benzene rings is 5. The molecule has 0 saturated carbocycles. The molecule has 47 heavy (non-hydrogen) atoms. The number of amides is 2. The van der Waals surface area contributed by atoms with Gasteiger partial charge >= 0.3 is 12.0 Å². The van der Waals surface area contributed by atoms with Gasteiger partial charge in [0.05, 0.1) is 6.61 Å². The van der Waals surface area contributed by atoms with Gasteiger partial charge in [-0.3, -0.25) is 0 Å². The van der Waals surface area contributed by atoms with Crippen molar-refractivity contribution >= 4 is 17.7 Å². The van der Waals surface area contributed by atoms with Crippen LogP contribution >= 0.6 is 0 Å². The van der Waals surface area contributed by atoms with Crippen molar-refractivity contribution in [2.75, 3.05) is 18.5 Å². The summed E-state index contributed by atoms with van der Waals surface area (Å²) in [6.07, 6.45) is 0.789. The van der Waals surface area contributed by atoms with E-state index in [4.69, 9.17) is 14.2 Å². The molecule has 1 unspecified atom stereocenters. The van der Waals surface area contributed by atoms with Crippen LogP contribution in [0.5, 0.6) is 23.0 Å². The molecule has 2 N–H and O–H groups in total. The van der Waals surface area contributed by atoms with E-state index >= 15 is 0 Å². The lowest BCUT2D eigenvalue weighted by Gasteiger charge is -2.26. The predicted octanol–water partition coefficient (Wildman–Crippen LogP) is 8.45. The van der Waals surface area contributed by atoms with Gasteiger partial charge in [0, 0.05) is 25.2 Å². The maximum absolute atomic E-state index is 13.4. The van der Waals surface area contributed by atoms with Crippen molar-refractivity contribution in [3.05, 3.63) is 151 Å². The third-order valence-electron chi connectivity index (χ3n) is 7.43. The number of para-hydroxylation sites is 2. The van der Waals surface area contributed by atoms with E-state index in [1.807, 2.05) is 115 Å². The number of hydrogen-bond donors (Lipinski definition) is 2. The highest BCUT2D eigenvalue weighted by Crippen LogP contribution is 2.25. The van der Waals surface area contributed by atoms with Crippen LogP contribution in [0.4, 0.5) is 10.5 Å². The Hall–Kier alpha value is -5.76. The fourth-order valence-corrected chi connectivity index (χ4v) is 4.93. The van der Waals surface area contributed by atoms with E-state index < -0.39 is 11.6 Å². The van der Waals surface area contributed by atoms with Crippen LogP contribution in [-0.2, 0) is 17.8 Å². The Balaban J connectivity index is 1.14. The van der Waals surface area contributed by atoms with E-state index in [2.05, 4.69) is 5.32 Å². The first-order chi connectivity index (χ1) is 22.9. The minimum Gasteiger partial charge on any atom is -0.494 e. The van der Waals surface area contributed by atoms with Crippen molar-refractivity contribution in [3.8, 4) is 23.0 Å².